The van der Waals surface area contributed by atoms with Crippen molar-refractivity contribution in [2.24, 2.45) is 0 Å². The Labute approximate surface area is 127 Å². The maximum absolute atomic E-state index is 5.90. The lowest BCUT2D eigenvalue weighted by Crippen LogP contribution is -1.98. The van der Waals surface area contributed by atoms with Gasteiger partial charge in [-0.05, 0) is 29.8 Å². The van der Waals surface area contributed by atoms with Crippen molar-refractivity contribution in [2.45, 2.75) is 6.61 Å². The lowest BCUT2D eigenvalue weighted by Gasteiger charge is -2.06. The number of hydrogen-bond acceptors (Lipinski definition) is 4. The third kappa shape index (κ3) is 3.01. The summed E-state index contributed by atoms with van der Waals surface area (Å²) < 4.78 is 10.8. The van der Waals surface area contributed by atoms with Crippen LogP contribution in [0.5, 0.6) is 5.75 Å². The van der Waals surface area contributed by atoms with Crippen LogP contribution in [-0.4, -0.2) is 5.16 Å². The number of benzene rings is 2. The van der Waals surface area contributed by atoms with Gasteiger partial charge in [0.2, 0.25) is 5.88 Å². The second kappa shape index (κ2) is 5.89. The first-order valence-electron chi connectivity index (χ1n) is 6.42. The summed E-state index contributed by atoms with van der Waals surface area (Å²) in [6.45, 7) is 0.280. The van der Waals surface area contributed by atoms with Gasteiger partial charge in [0.1, 0.15) is 18.1 Å². The van der Waals surface area contributed by atoms with Crippen LogP contribution in [-0.2, 0) is 6.61 Å². The van der Waals surface area contributed by atoms with Crippen LogP contribution in [0.2, 0.25) is 5.02 Å². The van der Waals surface area contributed by atoms with E-state index in [1.165, 1.54) is 0 Å². The minimum Gasteiger partial charge on any atom is -0.487 e. The van der Waals surface area contributed by atoms with E-state index in [0.717, 1.165) is 16.9 Å². The molecule has 1 aromatic heterocycles. The highest BCUT2D eigenvalue weighted by atomic mass is 35.5. The molecule has 5 heteroatoms. The molecule has 0 aliphatic heterocycles. The number of anilines is 1. The number of nitrogens with zero attached hydrogens (tertiary/aromatic N) is 1. The van der Waals surface area contributed by atoms with Crippen LogP contribution in [0.3, 0.4) is 0 Å². The summed E-state index contributed by atoms with van der Waals surface area (Å²) in [5.41, 5.74) is 8.15. The number of ether oxygens (including phenoxy) is 1. The summed E-state index contributed by atoms with van der Waals surface area (Å²) in [7, 11) is 0. The van der Waals surface area contributed by atoms with Crippen molar-refractivity contribution in [3.63, 3.8) is 0 Å². The first-order chi connectivity index (χ1) is 10.2. The molecule has 0 saturated carbocycles. The lowest BCUT2D eigenvalue weighted by molar-refractivity contribution is 0.290. The summed E-state index contributed by atoms with van der Waals surface area (Å²) >= 11 is 5.90. The first kappa shape index (κ1) is 13.5. The number of hydrogen-bond donors (Lipinski definition) is 1. The summed E-state index contributed by atoms with van der Waals surface area (Å²) in [6.07, 6.45) is 0. The van der Waals surface area contributed by atoms with Gasteiger partial charge in [0.05, 0.1) is 5.56 Å². The Morgan fingerprint density at radius 2 is 1.76 bits per heavy atom. The Kier molecular flexibility index (Phi) is 3.79. The molecular formula is C16H13ClN2O2. The molecule has 21 heavy (non-hydrogen) atoms. The fourth-order valence-electron chi connectivity index (χ4n) is 2.03. The second-order valence-electron chi connectivity index (χ2n) is 4.48. The van der Waals surface area contributed by atoms with Crippen LogP contribution < -0.4 is 10.5 Å². The predicted molar refractivity (Wildman–Crippen MR) is 82.1 cm³/mol. The van der Waals surface area contributed by atoms with Crippen LogP contribution in [0.25, 0.3) is 11.1 Å². The van der Waals surface area contributed by atoms with E-state index >= 15 is 0 Å². The zero-order valence-electron chi connectivity index (χ0n) is 11.1. The summed E-state index contributed by atoms with van der Waals surface area (Å²) in [5.74, 6) is 1.03. The first-order valence-corrected chi connectivity index (χ1v) is 6.79. The van der Waals surface area contributed by atoms with Crippen LogP contribution in [0.1, 0.15) is 5.69 Å². The van der Waals surface area contributed by atoms with Crippen molar-refractivity contribution in [1.82, 2.24) is 5.16 Å². The van der Waals surface area contributed by atoms with Gasteiger partial charge in [-0.1, -0.05) is 47.1 Å². The number of para-hydroxylation sites is 1. The number of aromatic nitrogens is 1. The van der Waals surface area contributed by atoms with Gasteiger partial charge >= 0.3 is 0 Å². The molecule has 0 spiro atoms. The van der Waals surface area contributed by atoms with Gasteiger partial charge < -0.3 is 15.0 Å². The smallest absolute Gasteiger partial charge is 0.230 e. The lowest BCUT2D eigenvalue weighted by atomic mass is 10.1. The number of rotatable bonds is 4. The molecule has 3 rings (SSSR count). The van der Waals surface area contributed by atoms with Crippen LogP contribution in [0, 0.1) is 0 Å². The average Bonchev–Trinajstić information content (AvgIpc) is 2.88. The van der Waals surface area contributed by atoms with Crippen LogP contribution in [0.4, 0.5) is 5.88 Å². The summed E-state index contributed by atoms with van der Waals surface area (Å²) in [4.78, 5) is 0. The van der Waals surface area contributed by atoms with E-state index in [4.69, 9.17) is 26.6 Å². The highest BCUT2D eigenvalue weighted by molar-refractivity contribution is 6.30. The SMILES string of the molecule is Nc1onc(COc2ccccc2)c1-c1ccc(Cl)cc1. The predicted octanol–water partition coefficient (Wildman–Crippen LogP) is 4.16. The topological polar surface area (TPSA) is 61.3 Å². The van der Waals surface area contributed by atoms with Gasteiger partial charge in [0.25, 0.3) is 0 Å². The molecule has 0 radical (unpaired) electrons. The normalized spacial score (nSPS) is 10.5. The molecule has 3 aromatic rings. The van der Waals surface area contributed by atoms with E-state index in [-0.39, 0.29) is 12.5 Å². The third-order valence-electron chi connectivity index (χ3n) is 3.04. The van der Waals surface area contributed by atoms with Gasteiger partial charge in [-0.15, -0.1) is 0 Å². The van der Waals surface area contributed by atoms with Crippen molar-refractivity contribution >= 4 is 17.5 Å². The summed E-state index contributed by atoms with van der Waals surface area (Å²) in [5, 5.41) is 4.63. The van der Waals surface area contributed by atoms with Crippen molar-refractivity contribution < 1.29 is 9.26 Å². The highest BCUT2D eigenvalue weighted by Crippen LogP contribution is 2.31. The van der Waals surface area contributed by atoms with E-state index in [0.29, 0.717) is 10.7 Å². The van der Waals surface area contributed by atoms with E-state index < -0.39 is 0 Å². The van der Waals surface area contributed by atoms with Crippen molar-refractivity contribution in [3.8, 4) is 16.9 Å². The Balaban J connectivity index is 1.85. The minimum absolute atomic E-state index is 0.268. The van der Waals surface area contributed by atoms with Crippen LogP contribution in [0.15, 0.2) is 59.1 Å². The molecule has 0 unspecified atom stereocenters. The Bertz CT molecular complexity index is 724. The molecule has 0 fully saturated rings. The second-order valence-corrected chi connectivity index (χ2v) is 4.91. The molecule has 0 aliphatic carbocycles. The van der Waals surface area contributed by atoms with E-state index in [1.807, 2.05) is 42.5 Å². The fourth-order valence-corrected chi connectivity index (χ4v) is 2.16. The molecular weight excluding hydrogens is 288 g/mol. The van der Waals surface area contributed by atoms with Gasteiger partial charge in [-0.2, -0.15) is 0 Å². The van der Waals surface area contributed by atoms with Crippen LogP contribution >= 0.6 is 11.6 Å². The Hall–Kier alpha value is -2.46. The quantitative estimate of drug-likeness (QED) is 0.786. The monoisotopic (exact) mass is 300 g/mol. The Morgan fingerprint density at radius 1 is 1.05 bits per heavy atom. The molecule has 0 saturated heterocycles. The largest absolute Gasteiger partial charge is 0.487 e. The van der Waals surface area contributed by atoms with Gasteiger partial charge in [0, 0.05) is 5.02 Å². The molecule has 2 N–H and O–H groups in total. The number of nitrogens with two attached hydrogens (primary N) is 1. The molecule has 1 heterocycles. The van der Waals surface area contributed by atoms with Gasteiger partial charge in [0.15, 0.2) is 0 Å². The van der Waals surface area contributed by atoms with Gasteiger partial charge in [-0.25, -0.2) is 0 Å². The standard InChI is InChI=1S/C16H13ClN2O2/c17-12-8-6-11(7-9-12)15-14(19-21-16(15)18)10-20-13-4-2-1-3-5-13/h1-9H,10,18H2. The van der Waals surface area contributed by atoms with Crippen molar-refractivity contribution in [2.75, 3.05) is 5.73 Å². The molecule has 0 atom stereocenters. The molecule has 0 bridgehead atoms. The zero-order valence-corrected chi connectivity index (χ0v) is 11.9. The summed E-state index contributed by atoms with van der Waals surface area (Å²) in [6, 6.07) is 16.8. The zero-order chi connectivity index (χ0) is 14.7. The Morgan fingerprint density at radius 3 is 2.48 bits per heavy atom. The molecule has 106 valence electrons. The molecule has 4 nitrogen and oxygen atoms in total. The number of nitrogen functional groups attached to an aromatic ring is 1. The maximum atomic E-state index is 5.90. The molecule has 0 amide bonds. The minimum atomic E-state index is 0.268. The van der Waals surface area contributed by atoms with Crippen molar-refractivity contribution in [1.29, 1.82) is 0 Å². The van der Waals surface area contributed by atoms with Crippen molar-refractivity contribution in [3.05, 3.63) is 65.3 Å². The maximum Gasteiger partial charge on any atom is 0.230 e. The van der Waals surface area contributed by atoms with E-state index in [1.54, 1.807) is 12.1 Å². The van der Waals surface area contributed by atoms with E-state index in [2.05, 4.69) is 5.16 Å². The van der Waals surface area contributed by atoms with Gasteiger partial charge in [-0.3, -0.25) is 0 Å². The van der Waals surface area contributed by atoms with E-state index in [9.17, 15) is 0 Å². The molecule has 0 aliphatic rings. The average molecular weight is 301 g/mol. The number of halogens is 1. The molecule has 2 aromatic carbocycles. The fraction of sp³-hybridized carbons (Fsp3) is 0.0625. The third-order valence-corrected chi connectivity index (χ3v) is 3.29. The highest BCUT2D eigenvalue weighted by Gasteiger charge is 2.16.